The molecule has 0 N–H and O–H groups in total. The first-order valence-corrected chi connectivity index (χ1v) is 16.0. The molecule has 0 spiro atoms. The maximum atomic E-state index is 2.39. The van der Waals surface area contributed by atoms with Gasteiger partial charge in [-0.2, -0.15) is 0 Å². The number of hydrogen-bond acceptors (Lipinski definition) is 0. The number of aryl methyl sites for hydroxylation is 2. The molecule has 1 nitrogen and oxygen atoms in total. The number of para-hydroxylation sites is 2. The van der Waals surface area contributed by atoms with E-state index in [9.17, 15) is 0 Å². The lowest BCUT2D eigenvalue weighted by Gasteiger charge is -2.17. The van der Waals surface area contributed by atoms with Crippen LogP contribution in [0.15, 0.2) is 158 Å². The second-order valence-electron chi connectivity index (χ2n) is 12.3. The summed E-state index contributed by atoms with van der Waals surface area (Å²) in [6.07, 6.45) is 0. The van der Waals surface area contributed by atoms with Crippen LogP contribution in [-0.2, 0) is 0 Å². The SMILES string of the molecule is Cc1cc(-c2cccc3c2c2ccccc2n3-c2ccccc2)ccc1-c1cccc(-c2cc(-c3ccccc3)ccc2C)c1C. The summed E-state index contributed by atoms with van der Waals surface area (Å²) in [4.78, 5) is 0. The smallest absolute Gasteiger partial charge is 0.0547 e. The number of nitrogens with zero attached hydrogens (tertiary/aromatic N) is 1. The summed E-state index contributed by atoms with van der Waals surface area (Å²) < 4.78 is 2.39. The Kier molecular flexibility index (Phi) is 6.88. The number of aromatic nitrogens is 1. The highest BCUT2D eigenvalue weighted by Crippen LogP contribution is 2.41. The molecule has 0 fully saturated rings. The van der Waals surface area contributed by atoms with Crippen LogP contribution in [0.1, 0.15) is 16.7 Å². The molecule has 7 aromatic carbocycles. The van der Waals surface area contributed by atoms with Crippen LogP contribution < -0.4 is 0 Å². The molecule has 0 bridgehead atoms. The minimum atomic E-state index is 1.18. The van der Waals surface area contributed by atoms with Crippen LogP contribution in [-0.4, -0.2) is 4.57 Å². The Morgan fingerprint density at radius 2 is 1.00 bits per heavy atom. The first-order chi connectivity index (χ1) is 22.6. The Morgan fingerprint density at radius 1 is 0.370 bits per heavy atom. The van der Waals surface area contributed by atoms with Crippen molar-refractivity contribution >= 4 is 21.8 Å². The second-order valence-corrected chi connectivity index (χ2v) is 12.3. The zero-order chi connectivity index (χ0) is 31.2. The first kappa shape index (κ1) is 27.9. The molecule has 8 aromatic rings. The van der Waals surface area contributed by atoms with Gasteiger partial charge in [0, 0.05) is 16.5 Å². The van der Waals surface area contributed by atoms with Gasteiger partial charge in [-0.15, -0.1) is 0 Å². The normalized spacial score (nSPS) is 11.4. The van der Waals surface area contributed by atoms with E-state index in [2.05, 4.69) is 183 Å². The zero-order valence-electron chi connectivity index (χ0n) is 26.5. The van der Waals surface area contributed by atoms with Crippen molar-refractivity contribution in [1.82, 2.24) is 4.57 Å². The summed E-state index contributed by atoms with van der Waals surface area (Å²) in [5.41, 5.74) is 17.6. The number of benzene rings is 7. The Hall–Kier alpha value is -5.66. The highest BCUT2D eigenvalue weighted by atomic mass is 15.0. The zero-order valence-corrected chi connectivity index (χ0v) is 26.5. The van der Waals surface area contributed by atoms with Crippen LogP contribution in [0.4, 0.5) is 0 Å². The van der Waals surface area contributed by atoms with Crippen LogP contribution in [0.5, 0.6) is 0 Å². The van der Waals surface area contributed by atoms with Gasteiger partial charge in [-0.3, -0.25) is 0 Å². The number of hydrogen-bond donors (Lipinski definition) is 0. The molecule has 0 aliphatic rings. The highest BCUT2D eigenvalue weighted by molar-refractivity contribution is 6.15. The summed E-state index contributed by atoms with van der Waals surface area (Å²) in [7, 11) is 0. The molecule has 0 saturated heterocycles. The maximum absolute atomic E-state index is 2.39. The van der Waals surface area contributed by atoms with Gasteiger partial charge in [0.05, 0.1) is 11.0 Å². The Morgan fingerprint density at radius 3 is 1.78 bits per heavy atom. The van der Waals surface area contributed by atoms with E-state index in [4.69, 9.17) is 0 Å². The van der Waals surface area contributed by atoms with Crippen molar-refractivity contribution in [2.75, 3.05) is 0 Å². The van der Waals surface area contributed by atoms with Gasteiger partial charge in [0.1, 0.15) is 0 Å². The van der Waals surface area contributed by atoms with E-state index in [0.29, 0.717) is 0 Å². The molecule has 0 radical (unpaired) electrons. The highest BCUT2D eigenvalue weighted by Gasteiger charge is 2.17. The summed E-state index contributed by atoms with van der Waals surface area (Å²) in [6, 6.07) is 57.4. The van der Waals surface area contributed by atoms with E-state index >= 15 is 0 Å². The molecule has 1 heterocycles. The summed E-state index contributed by atoms with van der Waals surface area (Å²) >= 11 is 0. The van der Waals surface area contributed by atoms with Crippen molar-refractivity contribution < 1.29 is 0 Å². The topological polar surface area (TPSA) is 4.93 Å². The second kappa shape index (κ2) is 11.4. The average molecular weight is 590 g/mol. The van der Waals surface area contributed by atoms with Gasteiger partial charge in [0.15, 0.2) is 0 Å². The Balaban J connectivity index is 1.24. The van der Waals surface area contributed by atoms with Crippen molar-refractivity contribution in [2.24, 2.45) is 0 Å². The predicted molar refractivity (Wildman–Crippen MR) is 197 cm³/mol. The lowest BCUT2D eigenvalue weighted by atomic mass is 9.87. The maximum Gasteiger partial charge on any atom is 0.0547 e. The summed E-state index contributed by atoms with van der Waals surface area (Å²) in [5.74, 6) is 0. The van der Waals surface area contributed by atoms with Gasteiger partial charge in [0.25, 0.3) is 0 Å². The standard InChI is InChI=1S/C45H35N/c1-30-24-25-34(33-14-6-4-7-15-33)29-42(30)39-20-12-19-38(32(39)3)37-27-26-35(28-31(37)2)40-21-13-23-44-45(40)41-18-10-11-22-43(41)46(44)36-16-8-5-9-17-36/h4-29H,1-3H3. The monoisotopic (exact) mass is 589 g/mol. The van der Waals surface area contributed by atoms with Crippen LogP contribution in [0.25, 0.3) is 72.0 Å². The average Bonchev–Trinajstić information content (AvgIpc) is 3.44. The lowest BCUT2D eigenvalue weighted by Crippen LogP contribution is -1.94. The largest absolute Gasteiger partial charge is 0.309 e. The van der Waals surface area contributed by atoms with Crippen molar-refractivity contribution in [3.05, 3.63) is 174 Å². The van der Waals surface area contributed by atoms with E-state index in [0.717, 1.165) is 0 Å². The molecule has 0 amide bonds. The van der Waals surface area contributed by atoms with Crippen molar-refractivity contribution in [3.63, 3.8) is 0 Å². The Bertz CT molecular complexity index is 2380. The van der Waals surface area contributed by atoms with Gasteiger partial charge in [-0.1, -0.05) is 127 Å². The fraction of sp³-hybridized carbons (Fsp3) is 0.0667. The van der Waals surface area contributed by atoms with Gasteiger partial charge >= 0.3 is 0 Å². The molecule has 46 heavy (non-hydrogen) atoms. The molecule has 1 aromatic heterocycles. The third-order valence-corrected chi connectivity index (χ3v) is 9.51. The number of rotatable bonds is 5. The van der Waals surface area contributed by atoms with Crippen LogP contribution in [0.3, 0.4) is 0 Å². The minimum Gasteiger partial charge on any atom is -0.309 e. The lowest BCUT2D eigenvalue weighted by molar-refractivity contribution is 1.18. The molecule has 220 valence electrons. The molecule has 0 atom stereocenters. The van der Waals surface area contributed by atoms with Gasteiger partial charge in [0.2, 0.25) is 0 Å². The van der Waals surface area contributed by atoms with Crippen molar-refractivity contribution in [3.8, 4) is 50.2 Å². The van der Waals surface area contributed by atoms with Crippen LogP contribution >= 0.6 is 0 Å². The van der Waals surface area contributed by atoms with E-state index in [1.807, 2.05) is 0 Å². The molecular formula is C45H35N. The first-order valence-electron chi connectivity index (χ1n) is 16.0. The fourth-order valence-electron chi connectivity index (χ4n) is 7.19. The summed E-state index contributed by atoms with van der Waals surface area (Å²) in [6.45, 7) is 6.73. The van der Waals surface area contributed by atoms with Crippen molar-refractivity contribution in [1.29, 1.82) is 0 Å². The third-order valence-electron chi connectivity index (χ3n) is 9.51. The van der Waals surface area contributed by atoms with Gasteiger partial charge < -0.3 is 4.57 Å². The van der Waals surface area contributed by atoms with E-state index in [1.54, 1.807) is 0 Å². The van der Waals surface area contributed by atoms with Gasteiger partial charge in [-0.05, 0) is 112 Å². The predicted octanol–water partition coefficient (Wildman–Crippen LogP) is 12.4. The molecule has 1 heteroatoms. The van der Waals surface area contributed by atoms with E-state index < -0.39 is 0 Å². The van der Waals surface area contributed by atoms with Gasteiger partial charge in [-0.25, -0.2) is 0 Å². The molecule has 0 unspecified atom stereocenters. The van der Waals surface area contributed by atoms with Crippen LogP contribution in [0, 0.1) is 20.8 Å². The molecule has 0 saturated carbocycles. The minimum absolute atomic E-state index is 1.18. The quantitative estimate of drug-likeness (QED) is 0.188. The fourth-order valence-corrected chi connectivity index (χ4v) is 7.19. The van der Waals surface area contributed by atoms with E-state index in [-0.39, 0.29) is 0 Å². The van der Waals surface area contributed by atoms with Crippen molar-refractivity contribution in [2.45, 2.75) is 20.8 Å². The molecule has 0 aliphatic carbocycles. The molecule has 8 rings (SSSR count). The Labute approximate surface area is 271 Å². The number of fused-ring (bicyclic) bond motifs is 3. The van der Waals surface area contributed by atoms with Crippen LogP contribution in [0.2, 0.25) is 0 Å². The summed E-state index contributed by atoms with van der Waals surface area (Å²) in [5, 5.41) is 2.57. The van der Waals surface area contributed by atoms with E-state index in [1.165, 1.54) is 88.7 Å². The molecule has 0 aliphatic heterocycles. The molecular weight excluding hydrogens is 555 g/mol. The third kappa shape index (κ3) is 4.64.